The number of benzene rings is 2. The molecule has 0 N–H and O–H groups in total. The highest BCUT2D eigenvalue weighted by molar-refractivity contribution is 5.36. The minimum Gasteiger partial charge on any atom is -0.192 e. The topological polar surface area (TPSA) is 70.7 Å². The second kappa shape index (κ2) is 6.45. The number of nitriles is 2. The summed E-state index contributed by atoms with van der Waals surface area (Å²) in [6.07, 6.45) is 0. The molecule has 0 spiro atoms. The summed E-state index contributed by atoms with van der Waals surface area (Å²) >= 11 is 0. The molecule has 121 valence electrons. The SMILES string of the molecule is CC(C)(c1ccc(C#N)cc1)N([O])C(C)(C)c1ccc(C#N)cc1. The Hall–Kier alpha value is -2.66. The average Bonchev–Trinajstić information content (AvgIpc) is 2.61. The minimum atomic E-state index is -0.772. The molecule has 0 unspecified atom stereocenters. The number of rotatable bonds is 4. The predicted octanol–water partition coefficient (Wildman–Crippen LogP) is 4.25. The first-order chi connectivity index (χ1) is 11.2. The summed E-state index contributed by atoms with van der Waals surface area (Å²) in [6.45, 7) is 7.47. The van der Waals surface area contributed by atoms with Crippen LogP contribution in [0.4, 0.5) is 0 Å². The van der Waals surface area contributed by atoms with Crippen molar-refractivity contribution < 1.29 is 5.21 Å². The van der Waals surface area contributed by atoms with Crippen LogP contribution in [0, 0.1) is 22.7 Å². The monoisotopic (exact) mass is 318 g/mol. The van der Waals surface area contributed by atoms with Gasteiger partial charge in [0.2, 0.25) is 0 Å². The van der Waals surface area contributed by atoms with E-state index in [9.17, 15) is 5.21 Å². The smallest absolute Gasteiger partial charge is 0.0991 e. The largest absolute Gasteiger partial charge is 0.192 e. The molecule has 2 aromatic carbocycles. The van der Waals surface area contributed by atoms with Crippen molar-refractivity contribution >= 4 is 0 Å². The Labute approximate surface area is 143 Å². The van der Waals surface area contributed by atoms with Crippen molar-refractivity contribution in [2.45, 2.75) is 38.8 Å². The van der Waals surface area contributed by atoms with E-state index in [0.717, 1.165) is 16.2 Å². The second-order valence-electron chi connectivity index (χ2n) is 6.79. The molecule has 0 heterocycles. The highest BCUT2D eigenvalue weighted by atomic mass is 16.5. The lowest BCUT2D eigenvalue weighted by molar-refractivity contribution is -0.279. The van der Waals surface area contributed by atoms with Gasteiger partial charge in [-0.1, -0.05) is 24.3 Å². The zero-order chi connectivity index (χ0) is 18.0. The number of hydrogen-bond donors (Lipinski definition) is 0. The Morgan fingerprint density at radius 3 is 1.25 bits per heavy atom. The Bertz CT molecular complexity index is 721. The van der Waals surface area contributed by atoms with E-state index in [2.05, 4.69) is 12.1 Å². The third-order valence-electron chi connectivity index (χ3n) is 4.46. The molecule has 0 saturated carbocycles. The van der Waals surface area contributed by atoms with Crippen LogP contribution in [0.15, 0.2) is 48.5 Å². The van der Waals surface area contributed by atoms with Crippen LogP contribution < -0.4 is 0 Å². The van der Waals surface area contributed by atoms with Gasteiger partial charge in [0.15, 0.2) is 0 Å². The number of hydroxylamine groups is 2. The highest BCUT2D eigenvalue weighted by Gasteiger charge is 2.40. The average molecular weight is 318 g/mol. The Morgan fingerprint density at radius 2 is 1.00 bits per heavy atom. The van der Waals surface area contributed by atoms with Gasteiger partial charge >= 0.3 is 0 Å². The third kappa shape index (κ3) is 3.16. The summed E-state index contributed by atoms with van der Waals surface area (Å²) < 4.78 is 0. The first kappa shape index (κ1) is 17.7. The van der Waals surface area contributed by atoms with Crippen molar-refractivity contribution in [2.24, 2.45) is 0 Å². The van der Waals surface area contributed by atoms with Crippen molar-refractivity contribution in [2.75, 3.05) is 0 Å². The quantitative estimate of drug-likeness (QED) is 0.791. The van der Waals surface area contributed by atoms with Crippen molar-refractivity contribution in [3.05, 3.63) is 70.8 Å². The fourth-order valence-electron chi connectivity index (χ4n) is 2.84. The lowest BCUT2D eigenvalue weighted by Gasteiger charge is -2.42. The summed E-state index contributed by atoms with van der Waals surface area (Å²) in [5.41, 5.74) is 1.28. The summed E-state index contributed by atoms with van der Waals surface area (Å²) in [5.74, 6) is 0. The maximum Gasteiger partial charge on any atom is 0.0991 e. The van der Waals surface area contributed by atoms with Crippen LogP contribution in [0.2, 0.25) is 0 Å². The van der Waals surface area contributed by atoms with Gasteiger partial charge in [-0.2, -0.15) is 10.5 Å². The van der Waals surface area contributed by atoms with Gasteiger partial charge in [0, 0.05) is 0 Å². The fourth-order valence-corrected chi connectivity index (χ4v) is 2.84. The summed E-state index contributed by atoms with van der Waals surface area (Å²) in [4.78, 5) is 0. The van der Waals surface area contributed by atoms with Gasteiger partial charge in [-0.3, -0.25) is 0 Å². The molecule has 0 amide bonds. The van der Waals surface area contributed by atoms with Crippen LogP contribution in [-0.2, 0) is 16.3 Å². The van der Waals surface area contributed by atoms with E-state index < -0.39 is 11.1 Å². The summed E-state index contributed by atoms with van der Waals surface area (Å²) in [7, 11) is 0. The molecule has 0 aliphatic rings. The Morgan fingerprint density at radius 1 is 0.708 bits per heavy atom. The molecule has 0 aromatic heterocycles. The highest BCUT2D eigenvalue weighted by Crippen LogP contribution is 2.38. The fraction of sp³-hybridized carbons (Fsp3) is 0.300. The van der Waals surface area contributed by atoms with E-state index in [0.29, 0.717) is 11.1 Å². The van der Waals surface area contributed by atoms with E-state index in [1.807, 2.05) is 52.0 Å². The lowest BCUT2D eigenvalue weighted by Crippen LogP contribution is -2.49. The minimum absolute atomic E-state index is 0.568. The number of hydrogen-bond acceptors (Lipinski definition) is 3. The molecule has 1 radical (unpaired) electrons. The van der Waals surface area contributed by atoms with Gasteiger partial charge in [0.05, 0.1) is 34.3 Å². The van der Waals surface area contributed by atoms with E-state index in [1.165, 1.54) is 0 Å². The number of nitrogens with zero attached hydrogens (tertiary/aromatic N) is 3. The molecule has 4 heteroatoms. The van der Waals surface area contributed by atoms with Crippen molar-refractivity contribution in [1.82, 2.24) is 5.06 Å². The summed E-state index contributed by atoms with van der Waals surface area (Å²) in [6, 6.07) is 18.3. The molecule has 4 nitrogen and oxygen atoms in total. The van der Waals surface area contributed by atoms with E-state index >= 15 is 0 Å². The second-order valence-corrected chi connectivity index (χ2v) is 6.79. The molecule has 0 aliphatic heterocycles. The molecule has 0 aliphatic carbocycles. The molecule has 0 saturated heterocycles. The first-order valence-corrected chi connectivity index (χ1v) is 7.72. The molecule has 2 rings (SSSR count). The van der Waals surface area contributed by atoms with Gasteiger partial charge in [-0.05, 0) is 63.1 Å². The van der Waals surface area contributed by atoms with E-state index in [4.69, 9.17) is 10.5 Å². The molecule has 0 bridgehead atoms. The van der Waals surface area contributed by atoms with E-state index in [-0.39, 0.29) is 0 Å². The standard InChI is InChI=1S/C20H20N3O/c1-19(2,17-9-5-15(13-21)6-10-17)23(24)20(3,4)18-11-7-16(14-22)8-12-18/h5-12H,1-4H3. The van der Waals surface area contributed by atoms with Crippen LogP contribution in [0.1, 0.15) is 49.9 Å². The maximum atomic E-state index is 13.2. The normalized spacial score (nSPS) is 11.8. The van der Waals surface area contributed by atoms with Gasteiger partial charge in [0.1, 0.15) is 0 Å². The zero-order valence-corrected chi connectivity index (χ0v) is 14.4. The zero-order valence-electron chi connectivity index (χ0n) is 14.4. The van der Waals surface area contributed by atoms with Crippen molar-refractivity contribution in [3.63, 3.8) is 0 Å². The molecular formula is C20H20N3O. The predicted molar refractivity (Wildman–Crippen MR) is 90.9 cm³/mol. The van der Waals surface area contributed by atoms with Gasteiger partial charge in [0.25, 0.3) is 0 Å². The van der Waals surface area contributed by atoms with Crippen LogP contribution >= 0.6 is 0 Å². The van der Waals surface area contributed by atoms with Crippen molar-refractivity contribution in [1.29, 1.82) is 10.5 Å². The Kier molecular flexibility index (Phi) is 4.76. The summed E-state index contributed by atoms with van der Waals surface area (Å²) in [5, 5.41) is 32.1. The van der Waals surface area contributed by atoms with Crippen LogP contribution in [0.25, 0.3) is 0 Å². The first-order valence-electron chi connectivity index (χ1n) is 7.72. The molecule has 0 fully saturated rings. The molecular weight excluding hydrogens is 298 g/mol. The molecule has 2 aromatic rings. The maximum absolute atomic E-state index is 13.2. The van der Waals surface area contributed by atoms with Gasteiger partial charge in [-0.25, -0.2) is 0 Å². The van der Waals surface area contributed by atoms with Crippen LogP contribution in [-0.4, -0.2) is 5.06 Å². The van der Waals surface area contributed by atoms with Gasteiger partial charge in [-0.15, -0.1) is 10.3 Å². The van der Waals surface area contributed by atoms with Crippen LogP contribution in [0.5, 0.6) is 0 Å². The lowest BCUT2D eigenvalue weighted by atomic mass is 9.85. The van der Waals surface area contributed by atoms with Crippen molar-refractivity contribution in [3.8, 4) is 12.1 Å². The van der Waals surface area contributed by atoms with E-state index in [1.54, 1.807) is 24.3 Å². The van der Waals surface area contributed by atoms with Gasteiger partial charge < -0.3 is 0 Å². The molecule has 24 heavy (non-hydrogen) atoms. The third-order valence-corrected chi connectivity index (χ3v) is 4.46. The molecule has 0 atom stereocenters. The van der Waals surface area contributed by atoms with Crippen LogP contribution in [0.3, 0.4) is 0 Å². The Balaban J connectivity index is 2.37.